The molecule has 3 rings (SSSR count). The third kappa shape index (κ3) is 7.60. The third-order valence-corrected chi connectivity index (χ3v) is 5.01. The van der Waals surface area contributed by atoms with Crippen molar-refractivity contribution in [2.45, 2.75) is 13.5 Å². The van der Waals surface area contributed by atoms with Crippen molar-refractivity contribution in [3.63, 3.8) is 0 Å². The molecule has 9 heteroatoms. The number of guanidine groups is 1. The number of hydrogen-bond donors (Lipinski definition) is 2. The lowest BCUT2D eigenvalue weighted by Crippen LogP contribution is -2.49. The Labute approximate surface area is 195 Å². The molecule has 1 saturated heterocycles. The van der Waals surface area contributed by atoms with E-state index in [1.807, 2.05) is 30.3 Å². The van der Waals surface area contributed by atoms with Crippen LogP contribution in [0.1, 0.15) is 12.5 Å². The topological polar surface area (TPSA) is 68.7 Å². The van der Waals surface area contributed by atoms with E-state index in [2.05, 4.69) is 42.3 Å². The summed E-state index contributed by atoms with van der Waals surface area (Å²) in [4.78, 5) is 18.0. The van der Waals surface area contributed by atoms with Crippen molar-refractivity contribution in [3.8, 4) is 0 Å². The van der Waals surface area contributed by atoms with Crippen molar-refractivity contribution in [3.05, 3.63) is 53.3 Å². The molecule has 0 bridgehead atoms. The normalized spacial score (nSPS) is 15.0. The van der Waals surface area contributed by atoms with Gasteiger partial charge in [-0.15, -0.1) is 24.0 Å². The molecule has 7 nitrogen and oxygen atoms in total. The predicted molar refractivity (Wildman–Crippen MR) is 130 cm³/mol. The number of aromatic nitrogens is 2. The first-order valence-electron chi connectivity index (χ1n) is 9.76. The van der Waals surface area contributed by atoms with Crippen molar-refractivity contribution in [2.75, 3.05) is 50.7 Å². The summed E-state index contributed by atoms with van der Waals surface area (Å²) >= 11 is 6.22. The van der Waals surface area contributed by atoms with E-state index in [-0.39, 0.29) is 24.0 Å². The van der Waals surface area contributed by atoms with E-state index in [1.165, 1.54) is 0 Å². The van der Waals surface area contributed by atoms with Crippen LogP contribution in [0.15, 0.2) is 47.7 Å². The van der Waals surface area contributed by atoms with Crippen LogP contribution < -0.4 is 15.5 Å². The lowest BCUT2D eigenvalue weighted by molar-refractivity contribution is 0.260. The number of nitrogens with one attached hydrogen (secondary N) is 2. The Morgan fingerprint density at radius 2 is 1.79 bits per heavy atom. The summed E-state index contributed by atoms with van der Waals surface area (Å²) in [6.45, 7) is 9.18. The average Bonchev–Trinajstić information content (AvgIpc) is 2.74. The van der Waals surface area contributed by atoms with E-state index in [4.69, 9.17) is 11.6 Å². The lowest BCUT2D eigenvalue weighted by atomic mass is 10.2. The van der Waals surface area contributed by atoms with Gasteiger partial charge in [0.2, 0.25) is 5.95 Å². The summed E-state index contributed by atoms with van der Waals surface area (Å²) in [6, 6.07) is 9.67. The summed E-state index contributed by atoms with van der Waals surface area (Å²) < 4.78 is 0. The maximum atomic E-state index is 6.22. The van der Waals surface area contributed by atoms with Crippen LogP contribution in [0.4, 0.5) is 5.95 Å². The Morgan fingerprint density at radius 1 is 1.07 bits per heavy atom. The van der Waals surface area contributed by atoms with Gasteiger partial charge < -0.3 is 15.5 Å². The summed E-state index contributed by atoms with van der Waals surface area (Å²) in [5.41, 5.74) is 1.03. The fourth-order valence-corrected chi connectivity index (χ4v) is 3.29. The van der Waals surface area contributed by atoms with Crippen LogP contribution in [0.25, 0.3) is 0 Å². The third-order valence-electron chi connectivity index (χ3n) is 4.64. The largest absolute Gasteiger partial charge is 0.357 e. The highest BCUT2D eigenvalue weighted by Crippen LogP contribution is 2.15. The molecule has 0 amide bonds. The SMILES string of the molecule is CCNC(=NCc1ccccc1Cl)NCCN1CCN(c2ncccn2)CC1.I. The van der Waals surface area contributed by atoms with Gasteiger partial charge in [-0.1, -0.05) is 29.8 Å². The van der Waals surface area contributed by atoms with Gasteiger partial charge in [-0.25, -0.2) is 15.0 Å². The Morgan fingerprint density at radius 3 is 2.48 bits per heavy atom. The highest BCUT2D eigenvalue weighted by Gasteiger charge is 2.18. The van der Waals surface area contributed by atoms with Crippen LogP contribution in [-0.4, -0.2) is 66.6 Å². The van der Waals surface area contributed by atoms with Crippen LogP contribution in [-0.2, 0) is 6.54 Å². The van der Waals surface area contributed by atoms with Crippen molar-refractivity contribution in [1.29, 1.82) is 0 Å². The molecule has 2 heterocycles. The zero-order valence-electron chi connectivity index (χ0n) is 16.7. The minimum atomic E-state index is 0. The standard InChI is InChI=1S/C20H28ClN7.HI/c1-2-22-19(26-16-17-6-3-4-7-18(17)21)23-10-11-27-12-14-28(15-13-27)20-24-8-5-9-25-20;/h3-9H,2,10-16H2,1H3,(H2,22,23,26);1H. The molecular formula is C20H29ClIN7. The molecule has 2 aromatic rings. The molecule has 0 radical (unpaired) electrons. The van der Waals surface area contributed by atoms with E-state index >= 15 is 0 Å². The van der Waals surface area contributed by atoms with Crippen molar-refractivity contribution in [2.24, 2.45) is 4.99 Å². The molecule has 29 heavy (non-hydrogen) atoms. The number of halogens is 2. The Kier molecular flexibility index (Phi) is 10.4. The number of nitrogens with zero attached hydrogens (tertiary/aromatic N) is 5. The van der Waals surface area contributed by atoms with Crippen LogP contribution >= 0.6 is 35.6 Å². The number of hydrogen-bond acceptors (Lipinski definition) is 5. The predicted octanol–water partition coefficient (Wildman–Crippen LogP) is 2.63. The number of anilines is 1. The fraction of sp³-hybridized carbons (Fsp3) is 0.450. The van der Waals surface area contributed by atoms with Crippen LogP contribution in [0.3, 0.4) is 0 Å². The first-order valence-corrected chi connectivity index (χ1v) is 10.1. The van der Waals surface area contributed by atoms with Gasteiger partial charge in [-0.3, -0.25) is 4.90 Å². The van der Waals surface area contributed by atoms with Gasteiger partial charge in [0.05, 0.1) is 6.54 Å². The quantitative estimate of drug-likeness (QED) is 0.327. The Bertz CT molecular complexity index is 752. The molecule has 2 N–H and O–H groups in total. The number of benzene rings is 1. The molecule has 1 aliphatic heterocycles. The highest BCUT2D eigenvalue weighted by molar-refractivity contribution is 14.0. The number of aliphatic imine (C=N–C) groups is 1. The van der Waals surface area contributed by atoms with Crippen LogP contribution in [0.5, 0.6) is 0 Å². The minimum Gasteiger partial charge on any atom is -0.357 e. The lowest BCUT2D eigenvalue weighted by Gasteiger charge is -2.34. The second-order valence-corrected chi connectivity index (χ2v) is 7.00. The monoisotopic (exact) mass is 529 g/mol. The summed E-state index contributed by atoms with van der Waals surface area (Å²) in [6.07, 6.45) is 3.59. The smallest absolute Gasteiger partial charge is 0.225 e. The van der Waals surface area contributed by atoms with Crippen molar-refractivity contribution < 1.29 is 0 Å². The molecule has 1 aromatic carbocycles. The van der Waals surface area contributed by atoms with Gasteiger partial charge in [0.1, 0.15) is 0 Å². The molecule has 0 aliphatic carbocycles. The van der Waals surface area contributed by atoms with Gasteiger partial charge in [0.25, 0.3) is 0 Å². The van der Waals surface area contributed by atoms with E-state index in [0.717, 1.165) is 68.3 Å². The molecule has 158 valence electrons. The van der Waals surface area contributed by atoms with E-state index < -0.39 is 0 Å². The molecule has 0 spiro atoms. The van der Waals surface area contributed by atoms with Crippen molar-refractivity contribution in [1.82, 2.24) is 25.5 Å². The van der Waals surface area contributed by atoms with Gasteiger partial charge in [0, 0.05) is 63.2 Å². The Hall–Kier alpha value is -1.65. The summed E-state index contributed by atoms with van der Waals surface area (Å²) in [5, 5.41) is 7.46. The van der Waals surface area contributed by atoms with Crippen molar-refractivity contribution >= 4 is 47.5 Å². The maximum absolute atomic E-state index is 6.22. The van der Waals surface area contributed by atoms with Gasteiger partial charge in [-0.2, -0.15) is 0 Å². The molecule has 1 aromatic heterocycles. The first-order chi connectivity index (χ1) is 13.8. The van der Waals surface area contributed by atoms with Crippen LogP contribution in [0.2, 0.25) is 5.02 Å². The van der Waals surface area contributed by atoms with E-state index in [0.29, 0.717) is 6.54 Å². The molecule has 0 unspecified atom stereocenters. The fourth-order valence-electron chi connectivity index (χ4n) is 3.09. The van der Waals surface area contributed by atoms with E-state index in [1.54, 1.807) is 12.4 Å². The zero-order valence-corrected chi connectivity index (χ0v) is 19.8. The van der Waals surface area contributed by atoms with Gasteiger partial charge in [0.15, 0.2) is 5.96 Å². The second-order valence-electron chi connectivity index (χ2n) is 6.59. The first kappa shape index (κ1) is 23.6. The zero-order chi connectivity index (χ0) is 19.6. The molecule has 1 fully saturated rings. The summed E-state index contributed by atoms with van der Waals surface area (Å²) in [7, 11) is 0. The second kappa shape index (κ2) is 12.8. The minimum absolute atomic E-state index is 0. The van der Waals surface area contributed by atoms with Gasteiger partial charge >= 0.3 is 0 Å². The molecule has 0 saturated carbocycles. The van der Waals surface area contributed by atoms with Crippen LogP contribution in [0, 0.1) is 0 Å². The summed E-state index contributed by atoms with van der Waals surface area (Å²) in [5.74, 6) is 1.64. The van der Waals surface area contributed by atoms with Gasteiger partial charge in [-0.05, 0) is 24.6 Å². The average molecular weight is 530 g/mol. The number of rotatable bonds is 7. The number of piperazine rings is 1. The van der Waals surface area contributed by atoms with E-state index in [9.17, 15) is 0 Å². The molecular weight excluding hydrogens is 501 g/mol. The molecule has 0 atom stereocenters. The Balaban J connectivity index is 0.00000300. The molecule has 1 aliphatic rings. The highest BCUT2D eigenvalue weighted by atomic mass is 127. The maximum Gasteiger partial charge on any atom is 0.225 e.